The summed E-state index contributed by atoms with van der Waals surface area (Å²) in [5, 5.41) is 27.9. The lowest BCUT2D eigenvalue weighted by Crippen LogP contribution is -2.54. The SMILES string of the molecule is CC(OCCNc1cccc2c1C(=O)N(C1CCC(=O)NC1=O)C2=O)C(=O)NCCOc1ccc(C(=C(CCCl)c2ccc(O)cc2)c2ccc(O)cc2)cc1. The molecule has 2 heterocycles. The van der Waals surface area contributed by atoms with Crippen LogP contribution in [0.1, 0.15) is 63.6 Å². The number of ether oxygens (including phenoxy) is 2. The number of hydrogen-bond donors (Lipinski definition) is 5. The first kappa shape index (κ1) is 39.5. The van der Waals surface area contributed by atoms with E-state index in [-0.39, 0.29) is 67.7 Å². The second-order valence-electron chi connectivity index (χ2n) is 13.2. The third kappa shape index (κ3) is 9.02. The number of hydrogen-bond acceptors (Lipinski definition) is 10. The molecule has 4 aromatic rings. The molecule has 5 N–H and O–H groups in total. The van der Waals surface area contributed by atoms with Gasteiger partial charge in [-0.3, -0.25) is 34.2 Å². The molecule has 290 valence electrons. The summed E-state index contributed by atoms with van der Waals surface area (Å²) >= 11 is 6.25. The highest BCUT2D eigenvalue weighted by molar-refractivity contribution is 6.25. The van der Waals surface area contributed by atoms with Gasteiger partial charge in [-0.15, -0.1) is 11.6 Å². The molecule has 4 aromatic carbocycles. The number of imide groups is 2. The van der Waals surface area contributed by atoms with Crippen LogP contribution < -0.4 is 20.7 Å². The Bertz CT molecular complexity index is 2140. The second kappa shape index (κ2) is 18.0. The van der Waals surface area contributed by atoms with Crippen molar-refractivity contribution in [1.29, 1.82) is 0 Å². The molecular weight excluding hydrogens is 740 g/mol. The van der Waals surface area contributed by atoms with Gasteiger partial charge in [0, 0.05) is 24.5 Å². The standard InChI is InChI=1S/C42H41ClN4O9/c1-25(55-23-21-44-34-4-2-3-33-38(34)42(54)47(41(33)53)35-17-18-36(50)46-40(35)52)39(51)45-22-24-56-31-15-9-28(10-16-31)37(27-7-13-30(49)14-8-27)32(19-20-43)26-5-11-29(48)12-6-26/h2-16,25,35,44,48-49H,17-24H2,1H3,(H,45,51)(H,46,50,52). The molecule has 56 heavy (non-hydrogen) atoms. The zero-order chi connectivity index (χ0) is 39.8. The molecule has 13 nitrogen and oxygen atoms in total. The van der Waals surface area contributed by atoms with Gasteiger partial charge in [0.2, 0.25) is 17.7 Å². The van der Waals surface area contributed by atoms with Gasteiger partial charge >= 0.3 is 0 Å². The van der Waals surface area contributed by atoms with Crippen molar-refractivity contribution in [3.05, 3.63) is 119 Å². The quantitative estimate of drug-likeness (QED) is 0.0444. The van der Waals surface area contributed by atoms with Crippen LogP contribution in [0.15, 0.2) is 91.0 Å². The fraction of sp³-hybridized carbons (Fsp3) is 0.262. The summed E-state index contributed by atoms with van der Waals surface area (Å²) in [6, 6.07) is 25.1. The number of anilines is 1. The highest BCUT2D eigenvalue weighted by atomic mass is 35.5. The number of alkyl halides is 1. The minimum absolute atomic E-state index is 0.0305. The Labute approximate surface area is 328 Å². The van der Waals surface area contributed by atoms with Crippen LogP contribution in [-0.4, -0.2) is 89.0 Å². The maximum absolute atomic E-state index is 13.3. The maximum Gasteiger partial charge on any atom is 0.264 e. The number of phenolic OH excluding ortho intramolecular Hbond substituents is 2. The van der Waals surface area contributed by atoms with Gasteiger partial charge in [0.05, 0.1) is 24.3 Å². The molecule has 0 bridgehead atoms. The molecule has 2 aliphatic rings. The lowest BCUT2D eigenvalue weighted by molar-refractivity contribution is -0.136. The molecule has 6 rings (SSSR count). The van der Waals surface area contributed by atoms with E-state index in [0.717, 1.165) is 32.7 Å². The monoisotopic (exact) mass is 780 g/mol. The van der Waals surface area contributed by atoms with Crippen LogP contribution in [0.3, 0.4) is 0 Å². The van der Waals surface area contributed by atoms with Crippen LogP contribution in [0.5, 0.6) is 17.2 Å². The third-order valence-electron chi connectivity index (χ3n) is 9.45. The normalized spacial score (nSPS) is 16.2. The first-order valence-electron chi connectivity index (χ1n) is 18.1. The largest absolute Gasteiger partial charge is 0.508 e. The fourth-order valence-corrected chi connectivity index (χ4v) is 6.87. The number of phenols is 2. The van der Waals surface area contributed by atoms with Gasteiger partial charge in [-0.1, -0.05) is 42.5 Å². The molecule has 0 saturated carbocycles. The summed E-state index contributed by atoms with van der Waals surface area (Å²) in [5.41, 5.74) is 5.28. The number of benzene rings is 4. The summed E-state index contributed by atoms with van der Waals surface area (Å²) in [7, 11) is 0. The van der Waals surface area contributed by atoms with Crippen molar-refractivity contribution in [3.63, 3.8) is 0 Å². The molecule has 0 radical (unpaired) electrons. The number of nitrogens with zero attached hydrogens (tertiary/aromatic N) is 1. The summed E-state index contributed by atoms with van der Waals surface area (Å²) in [5.74, 6) is -1.39. The molecule has 14 heteroatoms. The van der Waals surface area contributed by atoms with Crippen LogP contribution in [0.25, 0.3) is 11.1 Å². The molecule has 2 atom stereocenters. The van der Waals surface area contributed by atoms with Crippen molar-refractivity contribution < 1.29 is 43.7 Å². The van der Waals surface area contributed by atoms with Gasteiger partial charge in [0.25, 0.3) is 11.8 Å². The predicted octanol–water partition coefficient (Wildman–Crippen LogP) is 5.10. The van der Waals surface area contributed by atoms with Crippen LogP contribution in [0.4, 0.5) is 5.69 Å². The Morgan fingerprint density at radius 3 is 2.14 bits per heavy atom. The van der Waals surface area contributed by atoms with Gasteiger partial charge in [0.1, 0.15) is 36.0 Å². The molecule has 1 fully saturated rings. The van der Waals surface area contributed by atoms with Gasteiger partial charge in [-0.25, -0.2) is 0 Å². The zero-order valence-electron chi connectivity index (χ0n) is 30.5. The third-order valence-corrected chi connectivity index (χ3v) is 9.64. The van der Waals surface area contributed by atoms with E-state index >= 15 is 0 Å². The summed E-state index contributed by atoms with van der Waals surface area (Å²) in [4.78, 5) is 64.0. The number of carbonyl (C=O) groups is 5. The first-order valence-corrected chi connectivity index (χ1v) is 18.7. The average Bonchev–Trinajstić information content (AvgIpc) is 3.45. The van der Waals surface area contributed by atoms with E-state index in [1.165, 1.54) is 6.07 Å². The van der Waals surface area contributed by atoms with E-state index in [1.54, 1.807) is 43.3 Å². The number of nitrogens with one attached hydrogen (secondary N) is 3. The molecular formula is C42H41ClN4O9. The number of piperidine rings is 1. The van der Waals surface area contributed by atoms with Crippen LogP contribution in [0.2, 0.25) is 0 Å². The van der Waals surface area contributed by atoms with Gasteiger partial charge in [-0.05, 0) is 96.1 Å². The molecule has 2 unspecified atom stereocenters. The minimum atomic E-state index is -1.06. The fourth-order valence-electron chi connectivity index (χ4n) is 6.68. The number of fused-ring (bicyclic) bond motifs is 1. The van der Waals surface area contributed by atoms with E-state index in [4.69, 9.17) is 21.1 Å². The predicted molar refractivity (Wildman–Crippen MR) is 209 cm³/mol. The van der Waals surface area contributed by atoms with Crippen LogP contribution in [0, 0.1) is 0 Å². The Balaban J connectivity index is 0.986. The van der Waals surface area contributed by atoms with Crippen LogP contribution in [-0.2, 0) is 19.1 Å². The summed E-state index contributed by atoms with van der Waals surface area (Å²) in [6.07, 6.45) is -0.134. The number of allylic oxidation sites excluding steroid dienone is 1. The summed E-state index contributed by atoms with van der Waals surface area (Å²) < 4.78 is 11.6. The van der Waals surface area contributed by atoms with E-state index < -0.39 is 35.8 Å². The number of amides is 5. The number of halogens is 1. The average molecular weight is 781 g/mol. The van der Waals surface area contributed by atoms with Crippen molar-refractivity contribution >= 4 is 58.0 Å². The molecule has 0 aromatic heterocycles. The Hall–Kier alpha value is -6.18. The number of carbonyl (C=O) groups excluding carboxylic acids is 5. The Morgan fingerprint density at radius 2 is 1.50 bits per heavy atom. The lowest BCUT2D eigenvalue weighted by atomic mass is 9.88. The summed E-state index contributed by atoms with van der Waals surface area (Å²) in [6.45, 7) is 2.37. The molecule has 0 aliphatic carbocycles. The van der Waals surface area contributed by atoms with Crippen molar-refractivity contribution in [3.8, 4) is 17.2 Å². The highest BCUT2D eigenvalue weighted by Gasteiger charge is 2.45. The first-order chi connectivity index (χ1) is 27.0. The van der Waals surface area contributed by atoms with Crippen LogP contribution >= 0.6 is 11.6 Å². The minimum Gasteiger partial charge on any atom is -0.508 e. The van der Waals surface area contributed by atoms with E-state index in [0.29, 0.717) is 23.7 Å². The molecule has 1 saturated heterocycles. The van der Waals surface area contributed by atoms with Crippen molar-refractivity contribution in [2.24, 2.45) is 0 Å². The van der Waals surface area contributed by atoms with Gasteiger partial charge in [-0.2, -0.15) is 0 Å². The van der Waals surface area contributed by atoms with E-state index in [2.05, 4.69) is 16.0 Å². The molecule has 5 amide bonds. The smallest absolute Gasteiger partial charge is 0.264 e. The van der Waals surface area contributed by atoms with Gasteiger partial charge in [0.15, 0.2) is 0 Å². The van der Waals surface area contributed by atoms with E-state index in [1.807, 2.05) is 48.5 Å². The van der Waals surface area contributed by atoms with E-state index in [9.17, 15) is 34.2 Å². The van der Waals surface area contributed by atoms with Gasteiger partial charge < -0.3 is 30.3 Å². The number of aromatic hydroxyl groups is 2. The number of rotatable bonds is 16. The van der Waals surface area contributed by atoms with Crippen molar-refractivity contribution in [2.75, 3.05) is 37.5 Å². The molecule has 2 aliphatic heterocycles. The van der Waals surface area contributed by atoms with Crippen molar-refractivity contribution in [2.45, 2.75) is 38.3 Å². The second-order valence-corrected chi connectivity index (χ2v) is 13.5. The zero-order valence-corrected chi connectivity index (χ0v) is 31.3. The topological polar surface area (TPSA) is 184 Å². The Morgan fingerprint density at radius 1 is 0.857 bits per heavy atom. The van der Waals surface area contributed by atoms with Crippen molar-refractivity contribution in [1.82, 2.24) is 15.5 Å². The lowest BCUT2D eigenvalue weighted by Gasteiger charge is -2.27. The Kier molecular flexibility index (Phi) is 12.7. The maximum atomic E-state index is 13.3. The molecule has 0 spiro atoms. The highest BCUT2D eigenvalue weighted by Crippen LogP contribution is 2.37.